The molecule has 1 aromatic carbocycles. The fourth-order valence-electron chi connectivity index (χ4n) is 3.32. The van der Waals surface area contributed by atoms with Gasteiger partial charge in [0.15, 0.2) is 22.8 Å². The first-order valence-electron chi connectivity index (χ1n) is 9.46. The minimum Gasteiger partial charge on any atom is -0.361 e. The second-order valence-corrected chi connectivity index (χ2v) is 8.48. The zero-order valence-electron chi connectivity index (χ0n) is 17.2. The lowest BCUT2D eigenvalue weighted by atomic mass is 10.2. The molecular weight excluding hydrogens is 398 g/mol. The van der Waals surface area contributed by atoms with Crippen LogP contribution < -0.4 is 15.1 Å². The molecule has 152 valence electrons. The summed E-state index contributed by atoms with van der Waals surface area (Å²) in [5, 5.41) is 4.28. The average Bonchev–Trinajstić information content (AvgIpc) is 3.14. The zero-order valence-corrected chi connectivity index (χ0v) is 18.0. The summed E-state index contributed by atoms with van der Waals surface area (Å²) in [7, 11) is 7.81. The highest BCUT2D eigenvalue weighted by molar-refractivity contribution is 7.99. The molecule has 4 aromatic rings. The summed E-state index contributed by atoms with van der Waals surface area (Å²) in [4.78, 5) is 27.7. The molecule has 0 fully saturated rings. The van der Waals surface area contributed by atoms with Crippen LogP contribution >= 0.6 is 11.8 Å². The van der Waals surface area contributed by atoms with Crippen LogP contribution in [-0.2, 0) is 6.54 Å². The summed E-state index contributed by atoms with van der Waals surface area (Å²) in [6.07, 6.45) is 5.24. The Hall–Kier alpha value is -3.40. The molecule has 1 N–H and O–H groups in total. The number of nitrogens with one attached hydrogen (secondary N) is 1. The maximum Gasteiger partial charge on any atom is 0.228 e. The van der Waals surface area contributed by atoms with Crippen molar-refractivity contribution in [3.63, 3.8) is 0 Å². The van der Waals surface area contributed by atoms with Gasteiger partial charge in [-0.2, -0.15) is 9.97 Å². The lowest BCUT2D eigenvalue weighted by Gasteiger charge is -2.19. The van der Waals surface area contributed by atoms with E-state index in [1.165, 1.54) is 0 Å². The third-order valence-corrected chi connectivity index (χ3v) is 5.85. The molecule has 0 saturated carbocycles. The first-order chi connectivity index (χ1) is 14.5. The Bertz CT molecular complexity index is 1250. The van der Waals surface area contributed by atoms with E-state index in [0.717, 1.165) is 44.0 Å². The van der Waals surface area contributed by atoms with E-state index in [-0.39, 0.29) is 0 Å². The van der Waals surface area contributed by atoms with Gasteiger partial charge in [-0.15, -0.1) is 0 Å². The van der Waals surface area contributed by atoms with Gasteiger partial charge in [0.2, 0.25) is 5.95 Å². The SMILES string of the molecule is CN(C)c1nc(N(C)C)c2ncn(Cc3ccc4c(c3)Nc3nccnc3S4)c2n1. The van der Waals surface area contributed by atoms with Gasteiger partial charge in [0, 0.05) is 45.5 Å². The van der Waals surface area contributed by atoms with Crippen LogP contribution in [0.2, 0.25) is 0 Å². The van der Waals surface area contributed by atoms with E-state index in [1.807, 2.05) is 44.3 Å². The fraction of sp³-hybridized carbons (Fsp3) is 0.250. The monoisotopic (exact) mass is 419 g/mol. The van der Waals surface area contributed by atoms with Gasteiger partial charge in [0.25, 0.3) is 0 Å². The summed E-state index contributed by atoms with van der Waals surface area (Å²) in [5.41, 5.74) is 3.78. The third-order valence-electron chi connectivity index (χ3n) is 4.78. The number of nitrogens with zero attached hydrogens (tertiary/aromatic N) is 8. The number of rotatable bonds is 4. The number of aromatic nitrogens is 6. The van der Waals surface area contributed by atoms with Crippen LogP contribution in [0, 0.1) is 0 Å². The first-order valence-corrected chi connectivity index (χ1v) is 10.3. The Labute approximate surface area is 178 Å². The van der Waals surface area contributed by atoms with E-state index in [0.29, 0.717) is 12.5 Å². The summed E-state index contributed by atoms with van der Waals surface area (Å²) in [6.45, 7) is 0.653. The molecule has 0 atom stereocenters. The van der Waals surface area contributed by atoms with E-state index in [1.54, 1.807) is 24.2 Å². The summed E-state index contributed by atoms with van der Waals surface area (Å²) in [5.74, 6) is 2.26. The van der Waals surface area contributed by atoms with Gasteiger partial charge < -0.3 is 19.7 Å². The van der Waals surface area contributed by atoms with E-state index in [4.69, 9.17) is 4.98 Å². The van der Waals surface area contributed by atoms with Crippen molar-refractivity contribution in [3.05, 3.63) is 42.5 Å². The van der Waals surface area contributed by atoms with Crippen LogP contribution in [0.1, 0.15) is 5.56 Å². The normalized spacial score (nSPS) is 12.3. The van der Waals surface area contributed by atoms with Gasteiger partial charge >= 0.3 is 0 Å². The fourth-order valence-corrected chi connectivity index (χ4v) is 4.20. The van der Waals surface area contributed by atoms with Crippen molar-refractivity contribution in [2.45, 2.75) is 16.5 Å². The molecule has 0 saturated heterocycles. The predicted octanol–water partition coefficient (Wildman–Crippen LogP) is 3.00. The van der Waals surface area contributed by atoms with Crippen LogP contribution in [0.15, 0.2) is 46.8 Å². The van der Waals surface area contributed by atoms with Crippen molar-refractivity contribution in [3.8, 4) is 0 Å². The number of hydrogen-bond donors (Lipinski definition) is 1. The van der Waals surface area contributed by atoms with Crippen LogP contribution in [0.3, 0.4) is 0 Å². The second kappa shape index (κ2) is 7.13. The molecule has 0 aliphatic carbocycles. The molecule has 10 heteroatoms. The predicted molar refractivity (Wildman–Crippen MR) is 119 cm³/mol. The maximum absolute atomic E-state index is 4.74. The third kappa shape index (κ3) is 3.18. The second-order valence-electron chi connectivity index (χ2n) is 7.45. The van der Waals surface area contributed by atoms with Crippen molar-refractivity contribution < 1.29 is 0 Å². The summed E-state index contributed by atoms with van der Waals surface area (Å²) < 4.78 is 2.06. The lowest BCUT2D eigenvalue weighted by Crippen LogP contribution is -2.18. The molecule has 3 aromatic heterocycles. The highest BCUT2D eigenvalue weighted by atomic mass is 32.2. The smallest absolute Gasteiger partial charge is 0.228 e. The molecule has 1 aliphatic heterocycles. The highest BCUT2D eigenvalue weighted by Crippen LogP contribution is 2.42. The van der Waals surface area contributed by atoms with E-state index in [2.05, 4.69) is 48.0 Å². The van der Waals surface area contributed by atoms with Gasteiger partial charge in [0.1, 0.15) is 5.03 Å². The molecule has 1 aliphatic rings. The van der Waals surface area contributed by atoms with Crippen LogP contribution in [0.4, 0.5) is 23.3 Å². The molecule has 0 spiro atoms. The molecule has 4 heterocycles. The minimum absolute atomic E-state index is 0.653. The van der Waals surface area contributed by atoms with Crippen molar-refractivity contribution in [2.24, 2.45) is 0 Å². The topological polar surface area (TPSA) is 87.9 Å². The molecule has 30 heavy (non-hydrogen) atoms. The van der Waals surface area contributed by atoms with Crippen molar-refractivity contribution in [1.82, 2.24) is 29.5 Å². The van der Waals surface area contributed by atoms with Crippen molar-refractivity contribution in [2.75, 3.05) is 43.3 Å². The molecule has 5 rings (SSSR count). The summed E-state index contributed by atoms with van der Waals surface area (Å²) in [6, 6.07) is 6.39. The number of imidazole rings is 1. The maximum atomic E-state index is 4.74. The van der Waals surface area contributed by atoms with Crippen LogP contribution in [0.5, 0.6) is 0 Å². The Morgan fingerprint density at radius 3 is 2.63 bits per heavy atom. The Morgan fingerprint density at radius 2 is 1.83 bits per heavy atom. The molecule has 0 bridgehead atoms. The van der Waals surface area contributed by atoms with Gasteiger partial charge in [-0.3, -0.25) is 0 Å². The summed E-state index contributed by atoms with van der Waals surface area (Å²) >= 11 is 1.63. The lowest BCUT2D eigenvalue weighted by molar-refractivity contribution is 0.810. The largest absolute Gasteiger partial charge is 0.361 e. The van der Waals surface area contributed by atoms with Gasteiger partial charge in [-0.25, -0.2) is 15.0 Å². The van der Waals surface area contributed by atoms with Crippen LogP contribution in [-0.4, -0.2) is 57.7 Å². The quantitative estimate of drug-likeness (QED) is 0.472. The van der Waals surface area contributed by atoms with E-state index in [9.17, 15) is 0 Å². The van der Waals surface area contributed by atoms with Gasteiger partial charge in [0.05, 0.1) is 18.6 Å². The van der Waals surface area contributed by atoms with E-state index < -0.39 is 0 Å². The Morgan fingerprint density at radius 1 is 1.00 bits per heavy atom. The molecule has 9 nitrogen and oxygen atoms in total. The highest BCUT2D eigenvalue weighted by Gasteiger charge is 2.19. The molecule has 0 radical (unpaired) electrons. The number of fused-ring (bicyclic) bond motifs is 3. The average molecular weight is 420 g/mol. The Balaban J connectivity index is 1.51. The molecular formula is C20H21N9S. The standard InChI is InChI=1S/C20H21N9S/c1-27(2)17-15-18(26-20(25-17)28(3)4)29(11-23-15)10-12-5-6-14-13(9-12)24-16-19(30-14)22-8-7-21-16/h5-9,11H,10H2,1-4H3,(H,21,24). The minimum atomic E-state index is 0.653. The zero-order chi connectivity index (χ0) is 20.8. The van der Waals surface area contributed by atoms with E-state index >= 15 is 0 Å². The van der Waals surface area contributed by atoms with Crippen molar-refractivity contribution in [1.29, 1.82) is 0 Å². The van der Waals surface area contributed by atoms with Gasteiger partial charge in [-0.1, -0.05) is 17.8 Å². The first kappa shape index (κ1) is 18.6. The number of anilines is 4. The van der Waals surface area contributed by atoms with Crippen molar-refractivity contribution >= 4 is 46.2 Å². The molecule has 0 amide bonds. The van der Waals surface area contributed by atoms with Crippen LogP contribution in [0.25, 0.3) is 11.2 Å². The van der Waals surface area contributed by atoms with Gasteiger partial charge in [-0.05, 0) is 17.7 Å². The molecule has 0 unspecified atom stereocenters. The Kier molecular flexibility index (Phi) is 4.43. The number of benzene rings is 1. The number of hydrogen-bond acceptors (Lipinski definition) is 9.